The number of nitrogens with one attached hydrogen (secondary N) is 1. The first kappa shape index (κ1) is 17.2. The average Bonchev–Trinajstić information content (AvgIpc) is 3.06. The maximum Gasteiger partial charge on any atom is 0.416 e. The Bertz CT molecular complexity index is 888. The van der Waals surface area contributed by atoms with E-state index in [4.69, 9.17) is 4.42 Å². The Labute approximate surface area is 148 Å². The van der Waals surface area contributed by atoms with Crippen LogP contribution in [0.2, 0.25) is 0 Å². The van der Waals surface area contributed by atoms with Gasteiger partial charge < -0.3 is 9.73 Å². The van der Waals surface area contributed by atoms with Crippen LogP contribution >= 0.6 is 15.9 Å². The first-order chi connectivity index (χ1) is 11.8. The second-order valence-corrected chi connectivity index (χ2v) is 5.99. The molecule has 4 nitrogen and oxygen atoms in total. The molecular weight excluding hydrogens is 401 g/mol. The largest absolute Gasteiger partial charge is 0.444 e. The van der Waals surface area contributed by atoms with Crippen molar-refractivity contribution in [1.29, 1.82) is 0 Å². The first-order valence-corrected chi connectivity index (χ1v) is 7.82. The summed E-state index contributed by atoms with van der Waals surface area (Å²) < 4.78 is 43.8. The molecule has 1 N–H and O–H groups in total. The summed E-state index contributed by atoms with van der Waals surface area (Å²) in [4.78, 5) is 16.2. The zero-order chi connectivity index (χ0) is 18.0. The van der Waals surface area contributed by atoms with Crippen molar-refractivity contribution in [1.82, 2.24) is 4.98 Å². The normalized spacial score (nSPS) is 11.4. The van der Waals surface area contributed by atoms with Crippen molar-refractivity contribution in [3.8, 4) is 11.5 Å². The Balaban J connectivity index is 1.75. The molecule has 0 unspecified atom stereocenters. The van der Waals surface area contributed by atoms with E-state index in [1.807, 2.05) is 0 Å². The molecule has 25 heavy (non-hydrogen) atoms. The van der Waals surface area contributed by atoms with Gasteiger partial charge in [0.2, 0.25) is 5.89 Å². The van der Waals surface area contributed by atoms with Crippen LogP contribution < -0.4 is 5.32 Å². The highest BCUT2D eigenvalue weighted by molar-refractivity contribution is 9.10. The van der Waals surface area contributed by atoms with Gasteiger partial charge in [-0.1, -0.05) is 15.9 Å². The molecule has 0 aliphatic carbocycles. The smallest absolute Gasteiger partial charge is 0.416 e. The minimum absolute atomic E-state index is 0.0258. The summed E-state index contributed by atoms with van der Waals surface area (Å²) in [5, 5.41) is 2.65. The Morgan fingerprint density at radius 3 is 2.28 bits per heavy atom. The van der Waals surface area contributed by atoms with Crippen LogP contribution in [0.3, 0.4) is 0 Å². The summed E-state index contributed by atoms with van der Waals surface area (Å²) in [6, 6.07) is 11.3. The van der Waals surface area contributed by atoms with E-state index in [0.29, 0.717) is 11.3 Å². The molecule has 0 atom stereocenters. The van der Waals surface area contributed by atoms with Gasteiger partial charge in [-0.15, -0.1) is 0 Å². The molecule has 3 rings (SSSR count). The molecule has 0 radical (unpaired) electrons. The quantitative estimate of drug-likeness (QED) is 0.630. The number of aromatic nitrogens is 1. The van der Waals surface area contributed by atoms with E-state index in [9.17, 15) is 18.0 Å². The molecule has 1 amide bonds. The third-order valence-electron chi connectivity index (χ3n) is 3.30. The molecule has 0 saturated heterocycles. The van der Waals surface area contributed by atoms with Gasteiger partial charge in [0.05, 0.1) is 5.56 Å². The lowest BCUT2D eigenvalue weighted by Crippen LogP contribution is -2.12. The maximum atomic E-state index is 12.6. The topological polar surface area (TPSA) is 55.1 Å². The van der Waals surface area contributed by atoms with Crippen LogP contribution in [0.4, 0.5) is 18.9 Å². The molecule has 1 heterocycles. The molecule has 0 spiro atoms. The summed E-state index contributed by atoms with van der Waals surface area (Å²) in [6.07, 6.45) is -3.26. The van der Waals surface area contributed by atoms with Crippen LogP contribution in [0.1, 0.15) is 16.1 Å². The highest BCUT2D eigenvalue weighted by atomic mass is 79.9. The summed E-state index contributed by atoms with van der Waals surface area (Å²) in [5.74, 6) is -0.418. The Kier molecular flexibility index (Phi) is 4.63. The van der Waals surface area contributed by atoms with E-state index in [1.54, 1.807) is 24.3 Å². The number of nitrogens with zero attached hydrogens (tertiary/aromatic N) is 1. The SMILES string of the molecule is O=C(Nc1ccc(Br)cc1)c1coc(-c2ccc(C(F)(F)F)cc2)n1. The number of amides is 1. The van der Waals surface area contributed by atoms with Gasteiger partial charge in [0.1, 0.15) is 6.26 Å². The number of anilines is 1. The van der Waals surface area contributed by atoms with Crippen molar-refractivity contribution >= 4 is 27.5 Å². The van der Waals surface area contributed by atoms with Gasteiger partial charge in [-0.3, -0.25) is 4.79 Å². The van der Waals surface area contributed by atoms with Gasteiger partial charge >= 0.3 is 6.18 Å². The van der Waals surface area contributed by atoms with Gasteiger partial charge in [0.15, 0.2) is 5.69 Å². The lowest BCUT2D eigenvalue weighted by Gasteiger charge is -2.06. The third kappa shape index (κ3) is 4.08. The van der Waals surface area contributed by atoms with E-state index in [2.05, 4.69) is 26.2 Å². The number of rotatable bonds is 3. The molecule has 8 heteroatoms. The van der Waals surface area contributed by atoms with Crippen LogP contribution in [0.5, 0.6) is 0 Å². The van der Waals surface area contributed by atoms with Gasteiger partial charge in [0.25, 0.3) is 5.91 Å². The van der Waals surface area contributed by atoms with Crippen LogP contribution in [0.15, 0.2) is 63.7 Å². The molecule has 128 valence electrons. The fraction of sp³-hybridized carbons (Fsp3) is 0.0588. The molecule has 0 aliphatic heterocycles. The number of oxazole rings is 1. The van der Waals surface area contributed by atoms with Gasteiger partial charge in [-0.2, -0.15) is 13.2 Å². The molecule has 0 fully saturated rings. The molecule has 0 saturated carbocycles. The fourth-order valence-corrected chi connectivity index (χ4v) is 2.31. The average molecular weight is 411 g/mol. The molecule has 0 aliphatic rings. The van der Waals surface area contributed by atoms with Crippen LogP contribution in [0.25, 0.3) is 11.5 Å². The number of hydrogen-bond acceptors (Lipinski definition) is 3. The predicted molar refractivity (Wildman–Crippen MR) is 89.0 cm³/mol. The van der Waals surface area contributed by atoms with Crippen LogP contribution in [-0.2, 0) is 6.18 Å². The maximum absolute atomic E-state index is 12.6. The van der Waals surface area contributed by atoms with Crippen molar-refractivity contribution in [2.75, 3.05) is 5.32 Å². The molecule has 2 aromatic carbocycles. The van der Waals surface area contributed by atoms with E-state index in [0.717, 1.165) is 22.9 Å². The van der Waals surface area contributed by atoms with E-state index in [1.165, 1.54) is 12.1 Å². The Morgan fingerprint density at radius 2 is 1.68 bits per heavy atom. The van der Waals surface area contributed by atoms with Crippen molar-refractivity contribution in [3.05, 3.63) is 70.5 Å². The monoisotopic (exact) mass is 410 g/mol. The highest BCUT2D eigenvalue weighted by Gasteiger charge is 2.30. The van der Waals surface area contributed by atoms with Crippen LogP contribution in [0, 0.1) is 0 Å². The zero-order valence-electron chi connectivity index (χ0n) is 12.5. The van der Waals surface area contributed by atoms with Crippen molar-refractivity contribution in [3.63, 3.8) is 0 Å². The standard InChI is InChI=1S/C17H10BrF3N2O2/c18-12-5-7-13(8-6-12)22-15(24)14-9-25-16(23-14)10-1-3-11(4-2-10)17(19,20)21/h1-9H,(H,22,24). The van der Waals surface area contributed by atoms with Gasteiger partial charge in [-0.05, 0) is 48.5 Å². The predicted octanol–water partition coefficient (Wildman–Crippen LogP) is 5.38. The second-order valence-electron chi connectivity index (χ2n) is 5.07. The summed E-state index contributed by atoms with van der Waals surface area (Å²) in [5.41, 5.74) is 0.178. The number of alkyl halides is 3. The number of hydrogen-bond donors (Lipinski definition) is 1. The van der Waals surface area contributed by atoms with Crippen molar-refractivity contribution < 1.29 is 22.4 Å². The summed E-state index contributed by atoms with van der Waals surface area (Å²) >= 11 is 3.29. The minimum Gasteiger partial charge on any atom is -0.444 e. The molecule has 0 bridgehead atoms. The van der Waals surface area contributed by atoms with Gasteiger partial charge in [-0.25, -0.2) is 4.98 Å². The zero-order valence-corrected chi connectivity index (χ0v) is 14.1. The van der Waals surface area contributed by atoms with Crippen molar-refractivity contribution in [2.24, 2.45) is 0 Å². The second kappa shape index (κ2) is 6.72. The van der Waals surface area contributed by atoms with E-state index >= 15 is 0 Å². The first-order valence-electron chi connectivity index (χ1n) is 7.03. The lowest BCUT2D eigenvalue weighted by molar-refractivity contribution is -0.137. The molecule has 1 aromatic heterocycles. The number of benzene rings is 2. The number of halogens is 4. The Morgan fingerprint density at radius 1 is 1.04 bits per heavy atom. The molecular formula is C17H10BrF3N2O2. The lowest BCUT2D eigenvalue weighted by atomic mass is 10.1. The molecule has 3 aromatic rings. The fourth-order valence-electron chi connectivity index (χ4n) is 2.04. The van der Waals surface area contributed by atoms with Gasteiger partial charge in [0, 0.05) is 15.7 Å². The summed E-state index contributed by atoms with van der Waals surface area (Å²) in [7, 11) is 0. The highest BCUT2D eigenvalue weighted by Crippen LogP contribution is 2.30. The Hall–Kier alpha value is -2.61. The van der Waals surface area contributed by atoms with E-state index < -0.39 is 17.6 Å². The summed E-state index contributed by atoms with van der Waals surface area (Å²) in [6.45, 7) is 0. The minimum atomic E-state index is -4.41. The van der Waals surface area contributed by atoms with E-state index in [-0.39, 0.29) is 11.6 Å². The number of carbonyl (C=O) groups excluding carboxylic acids is 1. The third-order valence-corrected chi connectivity index (χ3v) is 3.83. The van der Waals surface area contributed by atoms with Crippen molar-refractivity contribution in [2.45, 2.75) is 6.18 Å². The number of carbonyl (C=O) groups is 1. The van der Waals surface area contributed by atoms with Crippen LogP contribution in [-0.4, -0.2) is 10.9 Å².